The van der Waals surface area contributed by atoms with Crippen LogP contribution in [0.2, 0.25) is 0 Å². The number of nitrogens with one attached hydrogen (secondary N) is 1. The summed E-state index contributed by atoms with van der Waals surface area (Å²) >= 11 is 0. The molecule has 1 aliphatic heterocycles. The van der Waals surface area contributed by atoms with E-state index in [4.69, 9.17) is 5.11 Å². The molecule has 1 atom stereocenters. The predicted octanol–water partition coefficient (Wildman–Crippen LogP) is 0.677. The maximum absolute atomic E-state index is 10.3. The van der Waals surface area contributed by atoms with Gasteiger partial charge in [-0.05, 0) is 32.2 Å². The number of hydrogen-bond donors (Lipinski definition) is 2. The van der Waals surface area contributed by atoms with Crippen molar-refractivity contribution >= 4 is 5.97 Å². The van der Waals surface area contributed by atoms with Crippen LogP contribution in [0, 0.1) is 0 Å². The first kappa shape index (κ1) is 10.9. The average molecular weight is 212 g/mol. The molecule has 1 heterocycles. The molecule has 0 aromatic heterocycles. The SMILES string of the molecule is O=C(O)CCCNC1CCN(C2CC2)C1. The average Bonchev–Trinajstić information content (AvgIpc) is 2.94. The highest BCUT2D eigenvalue weighted by molar-refractivity contribution is 5.66. The summed E-state index contributed by atoms with van der Waals surface area (Å²) in [5.41, 5.74) is 0. The monoisotopic (exact) mass is 212 g/mol. The molecule has 1 saturated heterocycles. The highest BCUT2D eigenvalue weighted by atomic mass is 16.4. The van der Waals surface area contributed by atoms with Crippen molar-refractivity contribution in [1.82, 2.24) is 10.2 Å². The number of carboxylic acids is 1. The third-order valence-electron chi connectivity index (χ3n) is 3.28. The zero-order valence-corrected chi connectivity index (χ0v) is 9.11. The Morgan fingerprint density at radius 2 is 2.20 bits per heavy atom. The van der Waals surface area contributed by atoms with Gasteiger partial charge in [-0.1, -0.05) is 0 Å². The van der Waals surface area contributed by atoms with Crippen LogP contribution in [0.5, 0.6) is 0 Å². The van der Waals surface area contributed by atoms with E-state index in [0.29, 0.717) is 6.04 Å². The van der Waals surface area contributed by atoms with Crippen LogP contribution < -0.4 is 5.32 Å². The maximum Gasteiger partial charge on any atom is 0.303 e. The van der Waals surface area contributed by atoms with Crippen molar-refractivity contribution in [3.8, 4) is 0 Å². The first-order valence-corrected chi connectivity index (χ1v) is 5.95. The van der Waals surface area contributed by atoms with Gasteiger partial charge in [-0.25, -0.2) is 0 Å². The van der Waals surface area contributed by atoms with Crippen molar-refractivity contribution in [2.45, 2.75) is 44.2 Å². The smallest absolute Gasteiger partial charge is 0.303 e. The summed E-state index contributed by atoms with van der Waals surface area (Å²) in [6, 6.07) is 1.47. The number of rotatable bonds is 6. The van der Waals surface area contributed by atoms with Gasteiger partial charge in [0.1, 0.15) is 0 Å². The molecule has 0 amide bonds. The van der Waals surface area contributed by atoms with Crippen LogP contribution in [0.3, 0.4) is 0 Å². The van der Waals surface area contributed by atoms with E-state index in [1.807, 2.05) is 0 Å². The van der Waals surface area contributed by atoms with E-state index in [1.165, 1.54) is 25.8 Å². The molecule has 4 nitrogen and oxygen atoms in total. The Kier molecular flexibility index (Phi) is 3.59. The zero-order valence-electron chi connectivity index (χ0n) is 9.11. The molecule has 2 N–H and O–H groups in total. The van der Waals surface area contributed by atoms with Crippen LogP contribution in [0.1, 0.15) is 32.1 Å². The molecular weight excluding hydrogens is 192 g/mol. The van der Waals surface area contributed by atoms with Crippen molar-refractivity contribution in [2.24, 2.45) is 0 Å². The number of carbonyl (C=O) groups is 1. The van der Waals surface area contributed by atoms with E-state index >= 15 is 0 Å². The van der Waals surface area contributed by atoms with Crippen molar-refractivity contribution in [2.75, 3.05) is 19.6 Å². The standard InChI is InChI=1S/C11H20N2O2/c14-11(15)2-1-6-12-9-5-7-13(8-9)10-3-4-10/h9-10,12H,1-8H2,(H,14,15). The minimum atomic E-state index is -0.692. The normalized spacial score (nSPS) is 27.1. The lowest BCUT2D eigenvalue weighted by molar-refractivity contribution is -0.137. The van der Waals surface area contributed by atoms with E-state index < -0.39 is 5.97 Å². The summed E-state index contributed by atoms with van der Waals surface area (Å²) in [6.07, 6.45) is 5.02. The molecule has 2 rings (SSSR count). The summed E-state index contributed by atoms with van der Waals surface area (Å²) in [7, 11) is 0. The van der Waals surface area contributed by atoms with E-state index in [0.717, 1.165) is 25.6 Å². The fraction of sp³-hybridized carbons (Fsp3) is 0.909. The topological polar surface area (TPSA) is 52.6 Å². The fourth-order valence-electron chi connectivity index (χ4n) is 2.27. The van der Waals surface area contributed by atoms with Crippen LogP contribution in [0.15, 0.2) is 0 Å². The van der Waals surface area contributed by atoms with Gasteiger partial charge in [0.25, 0.3) is 0 Å². The van der Waals surface area contributed by atoms with Crippen LogP contribution in [0.4, 0.5) is 0 Å². The molecular formula is C11H20N2O2. The second-order valence-electron chi connectivity index (χ2n) is 4.66. The highest BCUT2D eigenvalue weighted by Crippen LogP contribution is 2.29. The summed E-state index contributed by atoms with van der Waals surface area (Å²) < 4.78 is 0. The number of hydrogen-bond acceptors (Lipinski definition) is 3. The van der Waals surface area contributed by atoms with Gasteiger partial charge < -0.3 is 10.4 Å². The van der Waals surface area contributed by atoms with Crippen LogP contribution in [0.25, 0.3) is 0 Å². The van der Waals surface area contributed by atoms with Crippen molar-refractivity contribution in [3.05, 3.63) is 0 Å². The summed E-state index contributed by atoms with van der Waals surface area (Å²) in [6.45, 7) is 3.23. The van der Waals surface area contributed by atoms with Gasteiger partial charge in [-0.2, -0.15) is 0 Å². The van der Waals surface area contributed by atoms with Gasteiger partial charge >= 0.3 is 5.97 Å². The molecule has 4 heteroatoms. The van der Waals surface area contributed by atoms with Crippen molar-refractivity contribution in [3.63, 3.8) is 0 Å². The Morgan fingerprint density at radius 1 is 1.40 bits per heavy atom. The molecule has 0 spiro atoms. The lowest BCUT2D eigenvalue weighted by Crippen LogP contribution is -2.34. The van der Waals surface area contributed by atoms with E-state index in [2.05, 4.69) is 10.2 Å². The molecule has 1 aliphatic carbocycles. The minimum absolute atomic E-state index is 0.284. The number of nitrogens with zero attached hydrogens (tertiary/aromatic N) is 1. The summed E-state index contributed by atoms with van der Waals surface area (Å²) in [5, 5.41) is 11.9. The third kappa shape index (κ3) is 3.47. The van der Waals surface area contributed by atoms with Gasteiger partial charge in [0.15, 0.2) is 0 Å². The maximum atomic E-state index is 10.3. The van der Waals surface area contributed by atoms with E-state index in [-0.39, 0.29) is 6.42 Å². The van der Waals surface area contributed by atoms with Crippen LogP contribution >= 0.6 is 0 Å². The Labute approximate surface area is 90.6 Å². The summed E-state index contributed by atoms with van der Waals surface area (Å²) in [5.74, 6) is -0.692. The molecule has 0 bridgehead atoms. The lowest BCUT2D eigenvalue weighted by Gasteiger charge is -2.15. The van der Waals surface area contributed by atoms with Gasteiger partial charge in [-0.3, -0.25) is 9.69 Å². The Balaban J connectivity index is 1.54. The molecule has 2 aliphatic rings. The van der Waals surface area contributed by atoms with Crippen molar-refractivity contribution < 1.29 is 9.90 Å². The van der Waals surface area contributed by atoms with Gasteiger partial charge in [0.2, 0.25) is 0 Å². The van der Waals surface area contributed by atoms with Gasteiger partial charge in [0, 0.05) is 31.6 Å². The van der Waals surface area contributed by atoms with E-state index in [9.17, 15) is 4.79 Å². The zero-order chi connectivity index (χ0) is 10.7. The van der Waals surface area contributed by atoms with E-state index in [1.54, 1.807) is 0 Å². The number of aliphatic carboxylic acids is 1. The highest BCUT2D eigenvalue weighted by Gasteiger charge is 2.33. The minimum Gasteiger partial charge on any atom is -0.481 e. The second kappa shape index (κ2) is 4.94. The molecule has 1 unspecified atom stereocenters. The molecule has 2 fully saturated rings. The second-order valence-corrected chi connectivity index (χ2v) is 4.66. The first-order chi connectivity index (χ1) is 7.25. The molecule has 0 aromatic rings. The first-order valence-electron chi connectivity index (χ1n) is 5.95. The largest absolute Gasteiger partial charge is 0.481 e. The van der Waals surface area contributed by atoms with Gasteiger partial charge in [-0.15, -0.1) is 0 Å². The third-order valence-corrected chi connectivity index (χ3v) is 3.28. The Bertz CT molecular complexity index is 229. The van der Waals surface area contributed by atoms with Crippen LogP contribution in [-0.2, 0) is 4.79 Å². The fourth-order valence-corrected chi connectivity index (χ4v) is 2.27. The molecule has 0 radical (unpaired) electrons. The number of likely N-dealkylation sites (tertiary alicyclic amines) is 1. The van der Waals surface area contributed by atoms with Crippen molar-refractivity contribution in [1.29, 1.82) is 0 Å². The number of carboxylic acid groups (broad SMARTS) is 1. The summed E-state index contributed by atoms with van der Waals surface area (Å²) in [4.78, 5) is 12.9. The Morgan fingerprint density at radius 3 is 2.87 bits per heavy atom. The Hall–Kier alpha value is -0.610. The predicted molar refractivity (Wildman–Crippen MR) is 57.9 cm³/mol. The van der Waals surface area contributed by atoms with Crippen LogP contribution in [-0.4, -0.2) is 47.7 Å². The quantitative estimate of drug-likeness (QED) is 0.636. The molecule has 0 aromatic carbocycles. The van der Waals surface area contributed by atoms with Gasteiger partial charge in [0.05, 0.1) is 0 Å². The molecule has 15 heavy (non-hydrogen) atoms. The molecule has 1 saturated carbocycles. The molecule has 86 valence electrons. The lowest BCUT2D eigenvalue weighted by atomic mass is 10.2.